The lowest BCUT2D eigenvalue weighted by Gasteiger charge is -2.05. The van der Waals surface area contributed by atoms with Crippen LogP contribution in [-0.4, -0.2) is 16.6 Å². The molecular formula is C11H16N2O. The van der Waals surface area contributed by atoms with Crippen molar-refractivity contribution >= 4 is 0 Å². The van der Waals surface area contributed by atoms with Gasteiger partial charge in [-0.2, -0.15) is 0 Å². The van der Waals surface area contributed by atoms with E-state index in [1.54, 1.807) is 0 Å². The molecule has 1 saturated carbocycles. The molecule has 0 bridgehead atoms. The van der Waals surface area contributed by atoms with Crippen molar-refractivity contribution < 1.29 is 4.74 Å². The molecule has 14 heavy (non-hydrogen) atoms. The van der Waals surface area contributed by atoms with Crippen LogP contribution in [0.15, 0.2) is 12.4 Å². The minimum atomic E-state index is 0.479. The zero-order valence-electron chi connectivity index (χ0n) is 8.73. The monoisotopic (exact) mass is 192 g/mol. The van der Waals surface area contributed by atoms with Crippen LogP contribution in [-0.2, 0) is 0 Å². The Morgan fingerprint density at radius 3 is 2.50 bits per heavy atom. The molecule has 0 saturated heterocycles. The van der Waals surface area contributed by atoms with Crippen LogP contribution < -0.4 is 4.74 Å². The van der Waals surface area contributed by atoms with E-state index in [9.17, 15) is 0 Å². The summed E-state index contributed by atoms with van der Waals surface area (Å²) < 4.78 is 5.44. The molecule has 0 aromatic carbocycles. The third-order valence-electron chi connectivity index (χ3n) is 2.46. The molecule has 76 valence electrons. The van der Waals surface area contributed by atoms with E-state index in [0.29, 0.717) is 11.9 Å². The lowest BCUT2D eigenvalue weighted by atomic mass is 10.1. The first-order valence-electron chi connectivity index (χ1n) is 5.20. The second kappa shape index (κ2) is 3.95. The van der Waals surface area contributed by atoms with Crippen molar-refractivity contribution in [3.63, 3.8) is 0 Å². The second-order valence-electron chi connectivity index (χ2n) is 4.21. The molecule has 0 amide bonds. The van der Waals surface area contributed by atoms with E-state index in [1.807, 2.05) is 12.4 Å². The SMILES string of the molecule is CC(C)c1cnc(OCC2CC2)nc1. The predicted octanol–water partition coefficient (Wildman–Crippen LogP) is 2.39. The summed E-state index contributed by atoms with van der Waals surface area (Å²) in [5.74, 6) is 1.23. The summed E-state index contributed by atoms with van der Waals surface area (Å²) in [7, 11) is 0. The molecule has 0 spiro atoms. The van der Waals surface area contributed by atoms with Crippen LogP contribution >= 0.6 is 0 Å². The maximum atomic E-state index is 5.44. The smallest absolute Gasteiger partial charge is 0.316 e. The van der Waals surface area contributed by atoms with E-state index in [1.165, 1.54) is 12.8 Å². The average molecular weight is 192 g/mol. The van der Waals surface area contributed by atoms with Crippen LogP contribution in [0.5, 0.6) is 6.01 Å². The molecule has 1 aromatic rings. The molecule has 2 rings (SSSR count). The molecule has 1 heterocycles. The van der Waals surface area contributed by atoms with Crippen LogP contribution in [0.1, 0.15) is 38.2 Å². The van der Waals surface area contributed by atoms with Crippen molar-refractivity contribution in [3.8, 4) is 6.01 Å². The van der Waals surface area contributed by atoms with Crippen molar-refractivity contribution in [1.82, 2.24) is 9.97 Å². The summed E-state index contributed by atoms with van der Waals surface area (Å²) in [6.45, 7) is 5.04. The normalized spacial score (nSPS) is 15.9. The molecule has 3 nitrogen and oxygen atoms in total. The van der Waals surface area contributed by atoms with Gasteiger partial charge in [0, 0.05) is 12.4 Å². The van der Waals surface area contributed by atoms with Gasteiger partial charge < -0.3 is 4.74 Å². The van der Waals surface area contributed by atoms with E-state index < -0.39 is 0 Å². The molecule has 0 N–H and O–H groups in total. The van der Waals surface area contributed by atoms with Crippen molar-refractivity contribution in [2.45, 2.75) is 32.6 Å². The molecule has 1 fully saturated rings. The number of aromatic nitrogens is 2. The number of nitrogens with zero attached hydrogens (tertiary/aromatic N) is 2. The van der Waals surface area contributed by atoms with Gasteiger partial charge >= 0.3 is 6.01 Å². The van der Waals surface area contributed by atoms with E-state index in [4.69, 9.17) is 4.74 Å². The molecule has 0 unspecified atom stereocenters. The number of ether oxygens (including phenoxy) is 1. The average Bonchev–Trinajstić information content (AvgIpc) is 2.99. The summed E-state index contributed by atoms with van der Waals surface area (Å²) in [5.41, 5.74) is 1.16. The molecule has 0 atom stereocenters. The molecule has 0 radical (unpaired) electrons. The van der Waals surface area contributed by atoms with Crippen LogP contribution in [0.3, 0.4) is 0 Å². The molecule has 3 heteroatoms. The van der Waals surface area contributed by atoms with Gasteiger partial charge in [-0.15, -0.1) is 0 Å². The summed E-state index contributed by atoms with van der Waals surface area (Å²) >= 11 is 0. The standard InChI is InChI=1S/C11H16N2O/c1-8(2)10-5-12-11(13-6-10)14-7-9-3-4-9/h5-6,8-9H,3-4,7H2,1-2H3. The Morgan fingerprint density at radius 2 is 2.00 bits per heavy atom. The van der Waals surface area contributed by atoms with Gasteiger partial charge in [0.05, 0.1) is 6.61 Å². The Morgan fingerprint density at radius 1 is 1.36 bits per heavy atom. The zero-order chi connectivity index (χ0) is 9.97. The largest absolute Gasteiger partial charge is 0.463 e. The van der Waals surface area contributed by atoms with E-state index in [2.05, 4.69) is 23.8 Å². The highest BCUT2D eigenvalue weighted by molar-refractivity contribution is 5.11. The second-order valence-corrected chi connectivity index (χ2v) is 4.21. The van der Waals surface area contributed by atoms with Gasteiger partial charge in [0.1, 0.15) is 0 Å². The van der Waals surface area contributed by atoms with Gasteiger partial charge in [-0.1, -0.05) is 13.8 Å². The third-order valence-corrected chi connectivity index (χ3v) is 2.46. The highest BCUT2D eigenvalue weighted by atomic mass is 16.5. The van der Waals surface area contributed by atoms with Crippen molar-refractivity contribution in [2.24, 2.45) is 5.92 Å². The fraction of sp³-hybridized carbons (Fsp3) is 0.636. The van der Waals surface area contributed by atoms with Crippen molar-refractivity contribution in [3.05, 3.63) is 18.0 Å². The number of hydrogen-bond acceptors (Lipinski definition) is 3. The summed E-state index contributed by atoms with van der Waals surface area (Å²) in [6.07, 6.45) is 6.29. The van der Waals surface area contributed by atoms with E-state index >= 15 is 0 Å². The highest BCUT2D eigenvalue weighted by Gasteiger charge is 2.22. The Hall–Kier alpha value is -1.12. The Balaban J connectivity index is 1.91. The lowest BCUT2D eigenvalue weighted by molar-refractivity contribution is 0.276. The maximum Gasteiger partial charge on any atom is 0.316 e. The van der Waals surface area contributed by atoms with Gasteiger partial charge in [0.15, 0.2) is 0 Å². The fourth-order valence-electron chi connectivity index (χ4n) is 1.18. The highest BCUT2D eigenvalue weighted by Crippen LogP contribution is 2.28. The lowest BCUT2D eigenvalue weighted by Crippen LogP contribution is -2.03. The Kier molecular flexibility index (Phi) is 2.66. The van der Waals surface area contributed by atoms with Gasteiger partial charge in [-0.05, 0) is 30.2 Å². The van der Waals surface area contributed by atoms with Gasteiger partial charge in [-0.25, -0.2) is 9.97 Å². The van der Waals surface area contributed by atoms with Crippen LogP contribution in [0.2, 0.25) is 0 Å². The molecule has 1 aliphatic carbocycles. The minimum absolute atomic E-state index is 0.479. The maximum absolute atomic E-state index is 5.44. The van der Waals surface area contributed by atoms with Crippen LogP contribution in [0.4, 0.5) is 0 Å². The molecule has 1 aliphatic rings. The molecular weight excluding hydrogens is 176 g/mol. The third kappa shape index (κ3) is 2.44. The first-order valence-corrected chi connectivity index (χ1v) is 5.20. The van der Waals surface area contributed by atoms with Gasteiger partial charge in [-0.3, -0.25) is 0 Å². The summed E-state index contributed by atoms with van der Waals surface area (Å²) in [4.78, 5) is 8.33. The van der Waals surface area contributed by atoms with Crippen molar-refractivity contribution in [1.29, 1.82) is 0 Å². The van der Waals surface area contributed by atoms with Crippen LogP contribution in [0, 0.1) is 5.92 Å². The van der Waals surface area contributed by atoms with Gasteiger partial charge in [0.25, 0.3) is 0 Å². The topological polar surface area (TPSA) is 35.0 Å². The van der Waals surface area contributed by atoms with E-state index in [-0.39, 0.29) is 0 Å². The predicted molar refractivity (Wildman–Crippen MR) is 54.3 cm³/mol. The zero-order valence-corrected chi connectivity index (χ0v) is 8.73. The summed E-state index contributed by atoms with van der Waals surface area (Å²) in [6, 6.07) is 0.515. The minimum Gasteiger partial charge on any atom is -0.463 e. The van der Waals surface area contributed by atoms with Gasteiger partial charge in [0.2, 0.25) is 0 Å². The Bertz CT molecular complexity index is 291. The first-order chi connectivity index (χ1) is 6.75. The van der Waals surface area contributed by atoms with E-state index in [0.717, 1.165) is 18.1 Å². The molecule has 0 aliphatic heterocycles. The number of rotatable bonds is 4. The molecule has 1 aromatic heterocycles. The fourth-order valence-corrected chi connectivity index (χ4v) is 1.18. The number of hydrogen-bond donors (Lipinski definition) is 0. The Labute approximate surface area is 84.5 Å². The first kappa shape index (κ1) is 9.44. The van der Waals surface area contributed by atoms with Crippen molar-refractivity contribution in [2.75, 3.05) is 6.61 Å². The quantitative estimate of drug-likeness (QED) is 0.734. The summed E-state index contributed by atoms with van der Waals surface area (Å²) in [5, 5.41) is 0. The van der Waals surface area contributed by atoms with Crippen LogP contribution in [0.25, 0.3) is 0 Å².